The second kappa shape index (κ2) is 11.0. The van der Waals surface area contributed by atoms with E-state index in [-0.39, 0.29) is 5.91 Å². The van der Waals surface area contributed by atoms with E-state index in [0.29, 0.717) is 39.2 Å². The van der Waals surface area contributed by atoms with Crippen LogP contribution in [0.1, 0.15) is 0 Å². The van der Waals surface area contributed by atoms with Gasteiger partial charge in [0.05, 0.1) is 29.0 Å². The maximum atomic E-state index is 11.8. The number of likely N-dealkylation sites (N-methyl/N-ethyl adjacent to an activating group) is 1. The Kier molecular flexibility index (Phi) is 7.39. The van der Waals surface area contributed by atoms with E-state index in [0.717, 1.165) is 42.9 Å². The molecule has 0 unspecified atom stereocenters. The van der Waals surface area contributed by atoms with Crippen LogP contribution in [0, 0.1) is 0 Å². The van der Waals surface area contributed by atoms with Crippen LogP contribution in [0.3, 0.4) is 0 Å². The first-order chi connectivity index (χ1) is 18.4. The summed E-state index contributed by atoms with van der Waals surface area (Å²) in [7, 11) is 3.79. The molecule has 2 aromatic heterocycles. The van der Waals surface area contributed by atoms with Crippen LogP contribution in [0.5, 0.6) is 5.75 Å². The third-order valence-corrected chi connectivity index (χ3v) is 6.79. The molecule has 38 heavy (non-hydrogen) atoms. The zero-order valence-corrected chi connectivity index (χ0v) is 22.0. The van der Waals surface area contributed by atoms with Gasteiger partial charge in [-0.05, 0) is 49.5 Å². The molecule has 0 atom stereocenters. The molecule has 2 N–H and O–H groups in total. The lowest BCUT2D eigenvalue weighted by atomic mass is 10.1. The van der Waals surface area contributed by atoms with Crippen LogP contribution in [0.4, 0.5) is 23.0 Å². The number of nitrogens with one attached hydrogen (secondary N) is 2. The zero-order valence-electron chi connectivity index (χ0n) is 21.2. The Bertz CT molecular complexity index is 1500. The number of pyridine rings is 1. The first kappa shape index (κ1) is 25.4. The van der Waals surface area contributed by atoms with Gasteiger partial charge in [-0.25, -0.2) is 9.97 Å². The van der Waals surface area contributed by atoms with Gasteiger partial charge in [-0.15, -0.1) is 0 Å². The molecule has 5 rings (SSSR count). The fourth-order valence-electron chi connectivity index (χ4n) is 4.38. The number of halogens is 1. The lowest BCUT2D eigenvalue weighted by Gasteiger charge is -2.34. The number of amides is 1. The summed E-state index contributed by atoms with van der Waals surface area (Å²) in [5.74, 6) is 0.777. The van der Waals surface area contributed by atoms with E-state index < -0.39 is 0 Å². The number of anilines is 4. The van der Waals surface area contributed by atoms with Gasteiger partial charge in [0, 0.05) is 67.0 Å². The van der Waals surface area contributed by atoms with Crippen LogP contribution in [0.2, 0.25) is 5.02 Å². The van der Waals surface area contributed by atoms with Crippen LogP contribution in [0.15, 0.2) is 67.5 Å². The largest absolute Gasteiger partial charge is 0.494 e. The smallest absolute Gasteiger partial charge is 0.247 e. The molecule has 0 bridgehead atoms. The number of carbonyl (C=O) groups excluding carboxylic acids is 1. The summed E-state index contributed by atoms with van der Waals surface area (Å²) in [6, 6.07) is 13.2. The van der Waals surface area contributed by atoms with Crippen molar-refractivity contribution in [2.24, 2.45) is 0 Å². The molecule has 4 aromatic rings. The standard InChI is InChI=1S/C28H28ClN7O2/c1-4-25(37)32-19-9-10-30-23(15-19)26-21(29)7-5-18-17-31-28(34-27(18)26)33-22-8-6-20(16-24(22)38-3)36-13-11-35(2)12-14-36/h4-10,15-17H,1,11-14H2,2-3H3,(H,30,32,37)(H,31,33,34). The number of ether oxygens (including phenoxy) is 1. The van der Waals surface area contributed by atoms with Crippen molar-refractivity contribution in [2.75, 3.05) is 55.9 Å². The average Bonchev–Trinajstić information content (AvgIpc) is 2.93. The molecule has 1 aliphatic heterocycles. The molecule has 10 heteroatoms. The zero-order chi connectivity index (χ0) is 26.6. The van der Waals surface area contributed by atoms with Gasteiger partial charge in [-0.2, -0.15) is 0 Å². The molecule has 0 spiro atoms. The highest BCUT2D eigenvalue weighted by Crippen LogP contribution is 2.36. The van der Waals surface area contributed by atoms with E-state index in [4.69, 9.17) is 21.3 Å². The van der Waals surface area contributed by atoms with Crippen LogP contribution >= 0.6 is 11.6 Å². The number of methoxy groups -OCH3 is 1. The molecule has 3 heterocycles. The first-order valence-electron chi connectivity index (χ1n) is 12.2. The SMILES string of the molecule is C=CC(=O)Nc1ccnc(-c2c(Cl)ccc3cnc(Nc4ccc(N5CCN(C)CC5)cc4OC)nc23)c1. The van der Waals surface area contributed by atoms with Crippen molar-refractivity contribution >= 4 is 51.4 Å². The van der Waals surface area contributed by atoms with Crippen LogP contribution < -0.4 is 20.3 Å². The maximum Gasteiger partial charge on any atom is 0.247 e. The van der Waals surface area contributed by atoms with Gasteiger partial charge >= 0.3 is 0 Å². The van der Waals surface area contributed by atoms with Gasteiger partial charge in [0.25, 0.3) is 0 Å². The normalized spacial score (nSPS) is 13.8. The molecule has 2 aromatic carbocycles. The number of hydrogen-bond donors (Lipinski definition) is 2. The minimum atomic E-state index is -0.312. The predicted octanol–water partition coefficient (Wildman–Crippen LogP) is 4.97. The fourth-order valence-corrected chi connectivity index (χ4v) is 4.63. The highest BCUT2D eigenvalue weighted by molar-refractivity contribution is 6.34. The van der Waals surface area contributed by atoms with Crippen molar-refractivity contribution < 1.29 is 9.53 Å². The molecule has 1 saturated heterocycles. The maximum absolute atomic E-state index is 11.8. The van der Waals surface area contributed by atoms with E-state index in [9.17, 15) is 4.79 Å². The lowest BCUT2D eigenvalue weighted by Crippen LogP contribution is -2.44. The van der Waals surface area contributed by atoms with Crippen molar-refractivity contribution in [1.82, 2.24) is 19.9 Å². The summed E-state index contributed by atoms with van der Waals surface area (Å²) in [6.45, 7) is 7.48. The third-order valence-electron chi connectivity index (χ3n) is 6.47. The Morgan fingerprint density at radius 2 is 1.92 bits per heavy atom. The number of fused-ring (bicyclic) bond motifs is 1. The van der Waals surface area contributed by atoms with Gasteiger partial charge in [0.15, 0.2) is 0 Å². The number of aromatic nitrogens is 3. The Morgan fingerprint density at radius 1 is 1.11 bits per heavy atom. The molecule has 0 saturated carbocycles. The van der Waals surface area contributed by atoms with Gasteiger partial charge < -0.3 is 25.2 Å². The van der Waals surface area contributed by atoms with Gasteiger partial charge in [0.1, 0.15) is 5.75 Å². The Balaban J connectivity index is 1.48. The predicted molar refractivity (Wildman–Crippen MR) is 153 cm³/mol. The van der Waals surface area contributed by atoms with E-state index >= 15 is 0 Å². The first-order valence-corrected chi connectivity index (χ1v) is 12.6. The van der Waals surface area contributed by atoms with Crippen LogP contribution in [0.25, 0.3) is 22.2 Å². The monoisotopic (exact) mass is 529 g/mol. The van der Waals surface area contributed by atoms with Crippen LogP contribution in [-0.4, -0.2) is 66.1 Å². The lowest BCUT2D eigenvalue weighted by molar-refractivity contribution is -0.111. The van der Waals surface area contributed by atoms with E-state index in [1.54, 1.807) is 37.7 Å². The second-order valence-electron chi connectivity index (χ2n) is 8.98. The summed E-state index contributed by atoms with van der Waals surface area (Å²) >= 11 is 6.63. The summed E-state index contributed by atoms with van der Waals surface area (Å²) in [5, 5.41) is 7.32. The highest BCUT2D eigenvalue weighted by atomic mass is 35.5. The van der Waals surface area contributed by atoms with E-state index in [2.05, 4.69) is 50.1 Å². The van der Waals surface area contributed by atoms with Gasteiger partial charge in [-0.1, -0.05) is 18.2 Å². The number of piperazine rings is 1. The number of nitrogens with zero attached hydrogens (tertiary/aromatic N) is 5. The quantitative estimate of drug-likeness (QED) is 0.324. The minimum Gasteiger partial charge on any atom is -0.494 e. The molecular formula is C28H28ClN7O2. The average molecular weight is 530 g/mol. The van der Waals surface area contributed by atoms with Crippen LogP contribution in [-0.2, 0) is 4.79 Å². The molecule has 194 valence electrons. The molecule has 1 amide bonds. The Hall–Kier alpha value is -4.21. The summed E-state index contributed by atoms with van der Waals surface area (Å²) in [4.78, 5) is 30.2. The molecule has 1 aliphatic rings. The van der Waals surface area contributed by atoms with Gasteiger partial charge in [-0.3, -0.25) is 9.78 Å². The topological polar surface area (TPSA) is 95.5 Å². The number of rotatable bonds is 7. The highest BCUT2D eigenvalue weighted by Gasteiger charge is 2.17. The van der Waals surface area contributed by atoms with Crippen molar-refractivity contribution in [2.45, 2.75) is 0 Å². The van der Waals surface area contributed by atoms with Crippen molar-refractivity contribution in [3.63, 3.8) is 0 Å². The van der Waals surface area contributed by atoms with Crippen molar-refractivity contribution in [3.05, 3.63) is 72.5 Å². The Morgan fingerprint density at radius 3 is 2.68 bits per heavy atom. The van der Waals surface area contributed by atoms with E-state index in [1.807, 2.05) is 18.2 Å². The molecule has 0 radical (unpaired) electrons. The van der Waals surface area contributed by atoms with Gasteiger partial charge in [0.2, 0.25) is 11.9 Å². The molecular weight excluding hydrogens is 502 g/mol. The summed E-state index contributed by atoms with van der Waals surface area (Å²) in [5.41, 5.74) is 4.28. The summed E-state index contributed by atoms with van der Waals surface area (Å²) < 4.78 is 5.70. The van der Waals surface area contributed by atoms with E-state index in [1.165, 1.54) is 6.08 Å². The second-order valence-corrected chi connectivity index (χ2v) is 9.38. The summed E-state index contributed by atoms with van der Waals surface area (Å²) in [6.07, 6.45) is 4.55. The number of carbonyl (C=O) groups is 1. The number of hydrogen-bond acceptors (Lipinski definition) is 8. The molecule has 1 fully saturated rings. The van der Waals surface area contributed by atoms with Crippen molar-refractivity contribution in [1.29, 1.82) is 0 Å². The number of benzene rings is 2. The third kappa shape index (κ3) is 5.39. The minimum absolute atomic E-state index is 0.312. The molecule has 0 aliphatic carbocycles. The fraction of sp³-hybridized carbons (Fsp3) is 0.214. The Labute approximate surface area is 226 Å². The van der Waals surface area contributed by atoms with Crippen molar-refractivity contribution in [3.8, 4) is 17.0 Å². The molecule has 9 nitrogen and oxygen atoms in total.